The van der Waals surface area contributed by atoms with Crippen LogP contribution in [0.4, 0.5) is 5.69 Å². The van der Waals surface area contributed by atoms with Gasteiger partial charge in [-0.05, 0) is 97.1 Å². The van der Waals surface area contributed by atoms with E-state index in [1.807, 2.05) is 91.1 Å². The molecule has 1 fully saturated rings. The van der Waals surface area contributed by atoms with Gasteiger partial charge in [-0.25, -0.2) is 0 Å². The van der Waals surface area contributed by atoms with Gasteiger partial charge in [-0.15, -0.1) is 0 Å². The van der Waals surface area contributed by atoms with Crippen LogP contribution in [0.2, 0.25) is 0 Å². The summed E-state index contributed by atoms with van der Waals surface area (Å²) in [5.74, 6) is 2.27. The van der Waals surface area contributed by atoms with Gasteiger partial charge in [-0.1, -0.05) is 24.3 Å². The zero-order valence-corrected chi connectivity index (χ0v) is 21.6. The highest BCUT2D eigenvalue weighted by Crippen LogP contribution is 2.42. The molecule has 3 aromatic carbocycles. The number of ether oxygens (including phenoxy) is 2. The Morgan fingerprint density at radius 2 is 1.42 bits per heavy atom. The van der Waals surface area contributed by atoms with Crippen LogP contribution in [0.5, 0.6) is 17.2 Å². The molecule has 2 aromatic heterocycles. The second-order valence-electron chi connectivity index (χ2n) is 8.91. The molecular formula is C31H26N4O2S. The van der Waals surface area contributed by atoms with E-state index in [0.717, 1.165) is 40.0 Å². The molecule has 0 amide bonds. The fraction of sp³-hybridized carbons (Fsp3) is 0.0968. The van der Waals surface area contributed by atoms with Crippen molar-refractivity contribution in [2.45, 2.75) is 12.1 Å². The maximum atomic E-state index is 6.05. The smallest absolute Gasteiger partial charge is 0.174 e. The number of hydrogen-bond donors (Lipinski definition) is 1. The quantitative estimate of drug-likeness (QED) is 0.238. The molecule has 6 nitrogen and oxygen atoms in total. The second kappa shape index (κ2) is 10.4. The van der Waals surface area contributed by atoms with Crippen molar-refractivity contribution in [2.24, 2.45) is 0 Å². The van der Waals surface area contributed by atoms with Crippen LogP contribution in [-0.4, -0.2) is 21.8 Å². The summed E-state index contributed by atoms with van der Waals surface area (Å²) in [4.78, 5) is 6.84. The lowest BCUT2D eigenvalue weighted by molar-refractivity contribution is 0.413. The maximum absolute atomic E-state index is 6.05. The van der Waals surface area contributed by atoms with Crippen molar-refractivity contribution >= 4 is 23.0 Å². The van der Waals surface area contributed by atoms with E-state index in [2.05, 4.69) is 50.2 Å². The van der Waals surface area contributed by atoms with Gasteiger partial charge in [0.05, 0.1) is 18.8 Å². The number of nitrogens with zero attached hydrogens (tertiary/aromatic N) is 3. The standard InChI is InChI=1S/C31H26N4O2S/c1-36-24-16-18-26(19-17-24)37-25-14-12-23(13-15-25)35-30(29(33-31(35)38)27-10-5-6-20-32-27)28-11-7-21-34(28)22-8-3-2-4-9-22/h2-21,29-30H,1H3,(H,33,38)/t29-,30-/m0/s1. The molecule has 38 heavy (non-hydrogen) atoms. The number of rotatable bonds is 7. The van der Waals surface area contributed by atoms with Crippen molar-refractivity contribution in [2.75, 3.05) is 12.0 Å². The van der Waals surface area contributed by atoms with Crippen LogP contribution in [0, 0.1) is 0 Å². The topological polar surface area (TPSA) is 51.6 Å². The van der Waals surface area contributed by atoms with E-state index in [-0.39, 0.29) is 12.1 Å². The van der Waals surface area contributed by atoms with E-state index in [9.17, 15) is 0 Å². The van der Waals surface area contributed by atoms with Gasteiger partial charge in [-0.2, -0.15) is 0 Å². The molecular weight excluding hydrogens is 492 g/mol. The van der Waals surface area contributed by atoms with Gasteiger partial charge in [0.15, 0.2) is 5.11 Å². The van der Waals surface area contributed by atoms with E-state index >= 15 is 0 Å². The second-order valence-corrected chi connectivity index (χ2v) is 9.29. The summed E-state index contributed by atoms with van der Waals surface area (Å²) in [5, 5.41) is 4.19. The Hall–Kier alpha value is -4.62. The molecule has 0 radical (unpaired) electrons. The summed E-state index contributed by atoms with van der Waals surface area (Å²) >= 11 is 5.91. The van der Waals surface area contributed by atoms with Crippen molar-refractivity contribution in [1.29, 1.82) is 0 Å². The highest BCUT2D eigenvalue weighted by molar-refractivity contribution is 7.80. The van der Waals surface area contributed by atoms with E-state index in [1.165, 1.54) is 0 Å². The molecule has 0 saturated carbocycles. The molecule has 188 valence electrons. The van der Waals surface area contributed by atoms with Gasteiger partial charge in [-0.3, -0.25) is 4.98 Å². The average Bonchev–Trinajstić information content (AvgIpc) is 3.59. The molecule has 7 heteroatoms. The predicted molar refractivity (Wildman–Crippen MR) is 153 cm³/mol. The molecule has 0 spiro atoms. The monoisotopic (exact) mass is 518 g/mol. The van der Waals surface area contributed by atoms with Gasteiger partial charge in [0.2, 0.25) is 0 Å². The molecule has 2 atom stereocenters. The Morgan fingerprint density at radius 1 is 0.737 bits per heavy atom. The fourth-order valence-electron chi connectivity index (χ4n) is 4.85. The molecule has 1 aliphatic heterocycles. The first-order valence-electron chi connectivity index (χ1n) is 12.4. The van der Waals surface area contributed by atoms with Crippen LogP contribution in [-0.2, 0) is 0 Å². The first-order chi connectivity index (χ1) is 18.7. The number of hydrogen-bond acceptors (Lipinski definition) is 4. The molecule has 1 saturated heterocycles. The lowest BCUT2D eigenvalue weighted by Gasteiger charge is -2.29. The van der Waals surface area contributed by atoms with E-state index in [4.69, 9.17) is 21.7 Å². The van der Waals surface area contributed by atoms with E-state index in [0.29, 0.717) is 5.11 Å². The number of anilines is 1. The minimum atomic E-state index is -0.128. The number of thiocarbonyl (C=S) groups is 1. The fourth-order valence-corrected chi connectivity index (χ4v) is 5.19. The Labute approximate surface area is 227 Å². The van der Waals surface area contributed by atoms with Crippen molar-refractivity contribution in [1.82, 2.24) is 14.9 Å². The molecule has 1 aliphatic rings. The minimum Gasteiger partial charge on any atom is -0.497 e. The number of pyridine rings is 1. The first-order valence-corrected chi connectivity index (χ1v) is 12.8. The molecule has 0 unspecified atom stereocenters. The van der Waals surface area contributed by atoms with Crippen molar-refractivity contribution in [3.63, 3.8) is 0 Å². The normalized spacial score (nSPS) is 16.8. The number of nitrogens with one attached hydrogen (secondary N) is 1. The summed E-state index contributed by atoms with van der Waals surface area (Å²) in [5.41, 5.74) is 4.10. The Kier molecular flexibility index (Phi) is 6.50. The van der Waals surface area contributed by atoms with Crippen molar-refractivity contribution in [3.05, 3.63) is 133 Å². The zero-order chi connectivity index (χ0) is 25.9. The van der Waals surface area contributed by atoms with E-state index < -0.39 is 0 Å². The molecule has 3 heterocycles. The average molecular weight is 519 g/mol. The van der Waals surface area contributed by atoms with E-state index in [1.54, 1.807) is 7.11 Å². The highest BCUT2D eigenvalue weighted by Gasteiger charge is 2.42. The third-order valence-electron chi connectivity index (χ3n) is 6.63. The molecule has 1 N–H and O–H groups in total. The number of para-hydroxylation sites is 1. The molecule has 0 bridgehead atoms. The maximum Gasteiger partial charge on any atom is 0.174 e. The lowest BCUT2D eigenvalue weighted by atomic mass is 10.0. The van der Waals surface area contributed by atoms with Gasteiger partial charge in [0, 0.05) is 29.5 Å². The first kappa shape index (κ1) is 23.8. The molecule has 5 aromatic rings. The van der Waals surface area contributed by atoms with Crippen LogP contribution in [0.15, 0.2) is 122 Å². The predicted octanol–water partition coefficient (Wildman–Crippen LogP) is 6.85. The highest BCUT2D eigenvalue weighted by atomic mass is 32.1. The van der Waals surface area contributed by atoms with Gasteiger partial charge < -0.3 is 24.3 Å². The van der Waals surface area contributed by atoms with Crippen molar-refractivity contribution in [3.8, 4) is 22.9 Å². The zero-order valence-electron chi connectivity index (χ0n) is 20.8. The Morgan fingerprint density at radius 3 is 2.11 bits per heavy atom. The van der Waals surface area contributed by atoms with Crippen molar-refractivity contribution < 1.29 is 9.47 Å². The third kappa shape index (κ3) is 4.60. The van der Waals surface area contributed by atoms with Gasteiger partial charge in [0.25, 0.3) is 0 Å². The largest absolute Gasteiger partial charge is 0.497 e. The SMILES string of the molecule is COc1ccc(Oc2ccc(N3C(=S)N[C@@H](c4ccccn4)[C@@H]3c3cccn3-c3ccccc3)cc2)cc1. The van der Waals surface area contributed by atoms with Crippen LogP contribution in [0.1, 0.15) is 23.5 Å². The summed E-state index contributed by atoms with van der Waals surface area (Å²) in [7, 11) is 1.65. The number of aromatic nitrogens is 2. The summed E-state index contributed by atoms with van der Waals surface area (Å²) in [6.45, 7) is 0. The van der Waals surface area contributed by atoms with Crippen LogP contribution >= 0.6 is 12.2 Å². The summed E-state index contributed by atoms with van der Waals surface area (Å²) < 4.78 is 13.5. The molecule has 0 aliphatic carbocycles. The lowest BCUT2D eigenvalue weighted by Crippen LogP contribution is -2.30. The minimum absolute atomic E-state index is 0.124. The van der Waals surface area contributed by atoms with Gasteiger partial charge in [0.1, 0.15) is 23.3 Å². The molecule has 6 rings (SSSR count). The Balaban J connectivity index is 1.36. The summed E-state index contributed by atoms with van der Waals surface area (Å²) in [6.07, 6.45) is 3.91. The third-order valence-corrected chi connectivity index (χ3v) is 6.94. The van der Waals surface area contributed by atoms with Crippen LogP contribution in [0.25, 0.3) is 5.69 Å². The van der Waals surface area contributed by atoms with Crippen LogP contribution < -0.4 is 19.7 Å². The summed E-state index contributed by atoms with van der Waals surface area (Å²) in [6, 6.07) is 35.8. The number of benzene rings is 3. The van der Waals surface area contributed by atoms with Gasteiger partial charge >= 0.3 is 0 Å². The number of methoxy groups -OCH3 is 1. The Bertz CT molecular complexity index is 1520. The van der Waals surface area contributed by atoms with Crippen LogP contribution in [0.3, 0.4) is 0 Å².